The van der Waals surface area contributed by atoms with E-state index in [2.05, 4.69) is 36.2 Å². The number of benzene rings is 1. The monoisotopic (exact) mass is 367 g/mol. The minimum atomic E-state index is 0.463. The molecule has 3 unspecified atom stereocenters. The summed E-state index contributed by atoms with van der Waals surface area (Å²) in [7, 11) is 0. The third kappa shape index (κ3) is 2.77. The van der Waals surface area contributed by atoms with Crippen LogP contribution in [-0.2, 0) is 0 Å². The van der Waals surface area contributed by atoms with Gasteiger partial charge in [0.1, 0.15) is 10.7 Å². The predicted octanol–water partition coefficient (Wildman–Crippen LogP) is 5.20. The summed E-state index contributed by atoms with van der Waals surface area (Å²) in [5.74, 6) is 2.42. The lowest BCUT2D eigenvalue weighted by Gasteiger charge is -2.21. The minimum Gasteiger partial charge on any atom is -0.464 e. The Bertz CT molecular complexity index is 950. The van der Waals surface area contributed by atoms with E-state index in [4.69, 9.17) is 21.3 Å². The van der Waals surface area contributed by atoms with Crippen LogP contribution in [0.1, 0.15) is 31.2 Å². The topological polar surface area (TPSA) is 39.9 Å². The second-order valence-electron chi connectivity index (χ2n) is 7.79. The van der Waals surface area contributed by atoms with Gasteiger partial charge >= 0.3 is 6.01 Å². The second kappa shape index (κ2) is 6.27. The van der Waals surface area contributed by atoms with E-state index >= 15 is 0 Å². The van der Waals surface area contributed by atoms with Crippen LogP contribution in [0.3, 0.4) is 0 Å². The number of hydrogen-bond donors (Lipinski definition) is 0. The number of nitrogens with zero attached hydrogens (tertiary/aromatic N) is 3. The van der Waals surface area contributed by atoms with Gasteiger partial charge in [-0.2, -0.15) is 4.98 Å². The highest BCUT2D eigenvalue weighted by Gasteiger charge is 2.39. The van der Waals surface area contributed by atoms with E-state index < -0.39 is 0 Å². The highest BCUT2D eigenvalue weighted by atomic mass is 35.5. The molecule has 3 aromatic rings. The zero-order valence-electron chi connectivity index (χ0n) is 14.9. The molecule has 1 aromatic carbocycles. The Morgan fingerprint density at radius 2 is 1.92 bits per heavy atom. The first-order valence-corrected chi connectivity index (χ1v) is 9.80. The summed E-state index contributed by atoms with van der Waals surface area (Å²) in [5, 5.41) is 0.463. The molecule has 0 radical (unpaired) electrons. The lowest BCUT2D eigenvalue weighted by Crippen LogP contribution is -2.19. The summed E-state index contributed by atoms with van der Waals surface area (Å²) in [6, 6.07) is 12.6. The fraction of sp³-hybridized carbons (Fsp3) is 0.429. The van der Waals surface area contributed by atoms with Crippen molar-refractivity contribution in [3.63, 3.8) is 0 Å². The molecule has 5 rings (SSSR count). The van der Waals surface area contributed by atoms with E-state index in [1.807, 2.05) is 10.6 Å². The van der Waals surface area contributed by atoms with E-state index in [-0.39, 0.29) is 0 Å². The molecule has 2 bridgehead atoms. The summed E-state index contributed by atoms with van der Waals surface area (Å²) in [5.41, 5.74) is 3.76. The van der Waals surface area contributed by atoms with Crippen molar-refractivity contribution in [2.75, 3.05) is 6.61 Å². The molecule has 3 atom stereocenters. The molecule has 2 saturated carbocycles. The van der Waals surface area contributed by atoms with E-state index in [0.29, 0.717) is 17.1 Å². The van der Waals surface area contributed by atoms with Crippen molar-refractivity contribution in [3.8, 4) is 11.7 Å². The van der Waals surface area contributed by atoms with Gasteiger partial charge in [-0.1, -0.05) is 35.7 Å². The number of ether oxygens (including phenoxy) is 1. The van der Waals surface area contributed by atoms with Crippen molar-refractivity contribution in [1.29, 1.82) is 0 Å². The van der Waals surface area contributed by atoms with Crippen LogP contribution in [0.5, 0.6) is 6.01 Å². The largest absolute Gasteiger partial charge is 0.464 e. The number of hydrogen-bond acceptors (Lipinski definition) is 3. The van der Waals surface area contributed by atoms with Crippen molar-refractivity contribution in [2.45, 2.75) is 32.6 Å². The Morgan fingerprint density at radius 1 is 1.08 bits per heavy atom. The Balaban J connectivity index is 1.51. The number of imidazole rings is 1. The molecule has 4 nitrogen and oxygen atoms in total. The number of aryl methyl sites for hydroxylation is 1. The standard InChI is InChI=1S/C21H22ClN3O/c1-13-2-6-17(7-3-13)25-20-18(8-9-19(22)24-20)23-21(25)26-12-16-11-14-4-5-15(16)10-14/h2-3,6-9,14-16H,4-5,10-12H2,1H3. The van der Waals surface area contributed by atoms with Gasteiger partial charge in [-0.3, -0.25) is 0 Å². The van der Waals surface area contributed by atoms with E-state index in [1.165, 1.54) is 31.2 Å². The van der Waals surface area contributed by atoms with Crippen LogP contribution in [0.4, 0.5) is 0 Å². The smallest absolute Gasteiger partial charge is 0.303 e. The quantitative estimate of drug-likeness (QED) is 0.595. The summed E-state index contributed by atoms with van der Waals surface area (Å²) in [4.78, 5) is 9.19. The molecule has 5 heteroatoms. The maximum absolute atomic E-state index is 6.25. The molecule has 2 aliphatic carbocycles. The zero-order chi connectivity index (χ0) is 17.7. The molecule has 0 amide bonds. The third-order valence-electron chi connectivity index (χ3n) is 6.04. The highest BCUT2D eigenvalue weighted by Crippen LogP contribution is 2.48. The fourth-order valence-corrected chi connectivity index (χ4v) is 4.84. The van der Waals surface area contributed by atoms with Gasteiger partial charge in [0.05, 0.1) is 12.3 Å². The van der Waals surface area contributed by atoms with E-state index in [1.54, 1.807) is 6.07 Å². The molecular formula is C21H22ClN3O. The highest BCUT2D eigenvalue weighted by molar-refractivity contribution is 6.29. The zero-order valence-corrected chi connectivity index (χ0v) is 15.6. The first-order chi connectivity index (χ1) is 12.7. The Kier molecular flexibility index (Phi) is 3.89. The van der Waals surface area contributed by atoms with Gasteiger partial charge in [-0.25, -0.2) is 9.55 Å². The SMILES string of the molecule is Cc1ccc(-n2c(OCC3CC4CCC3C4)nc3ccc(Cl)nc32)cc1. The summed E-state index contributed by atoms with van der Waals surface area (Å²) in [6.07, 6.45) is 5.47. The van der Waals surface area contributed by atoms with Crippen molar-refractivity contribution < 1.29 is 4.74 Å². The second-order valence-corrected chi connectivity index (χ2v) is 8.18. The van der Waals surface area contributed by atoms with Gasteiger partial charge in [0.15, 0.2) is 5.65 Å². The molecule has 134 valence electrons. The Labute approximate surface area is 158 Å². The molecule has 2 fully saturated rings. The fourth-order valence-electron chi connectivity index (χ4n) is 4.70. The lowest BCUT2D eigenvalue weighted by atomic mass is 9.90. The van der Waals surface area contributed by atoms with Gasteiger partial charge in [-0.05, 0) is 68.2 Å². The van der Waals surface area contributed by atoms with Gasteiger partial charge in [-0.15, -0.1) is 0 Å². The average Bonchev–Trinajstić information content (AvgIpc) is 3.34. The van der Waals surface area contributed by atoms with Crippen molar-refractivity contribution in [1.82, 2.24) is 14.5 Å². The molecule has 2 aliphatic rings. The van der Waals surface area contributed by atoms with Gasteiger partial charge in [0, 0.05) is 0 Å². The Morgan fingerprint density at radius 3 is 2.65 bits per heavy atom. The number of fused-ring (bicyclic) bond motifs is 3. The molecule has 0 spiro atoms. The van der Waals surface area contributed by atoms with Crippen molar-refractivity contribution >= 4 is 22.8 Å². The van der Waals surface area contributed by atoms with Crippen LogP contribution >= 0.6 is 11.6 Å². The van der Waals surface area contributed by atoms with Crippen LogP contribution in [0, 0.1) is 24.7 Å². The van der Waals surface area contributed by atoms with Crippen LogP contribution in [-0.4, -0.2) is 21.1 Å². The van der Waals surface area contributed by atoms with Crippen LogP contribution in [0.15, 0.2) is 36.4 Å². The minimum absolute atomic E-state index is 0.463. The summed E-state index contributed by atoms with van der Waals surface area (Å²) in [6.45, 7) is 2.82. The number of rotatable bonds is 4. The van der Waals surface area contributed by atoms with Crippen LogP contribution in [0.25, 0.3) is 16.9 Å². The predicted molar refractivity (Wildman–Crippen MR) is 103 cm³/mol. The number of halogens is 1. The molecule has 2 heterocycles. The lowest BCUT2D eigenvalue weighted by molar-refractivity contribution is 0.182. The Hall–Kier alpha value is -2.07. The number of aromatic nitrogens is 3. The molecule has 0 aliphatic heterocycles. The van der Waals surface area contributed by atoms with Crippen LogP contribution < -0.4 is 4.74 Å². The summed E-state index contributed by atoms with van der Waals surface area (Å²) < 4.78 is 8.23. The van der Waals surface area contributed by atoms with Crippen molar-refractivity contribution in [3.05, 3.63) is 47.1 Å². The van der Waals surface area contributed by atoms with Gasteiger partial charge < -0.3 is 4.74 Å². The first-order valence-electron chi connectivity index (χ1n) is 9.42. The molecule has 0 N–H and O–H groups in total. The third-order valence-corrected chi connectivity index (χ3v) is 6.25. The maximum atomic E-state index is 6.25. The van der Waals surface area contributed by atoms with Gasteiger partial charge in [0.2, 0.25) is 0 Å². The molecule has 2 aromatic heterocycles. The van der Waals surface area contributed by atoms with Gasteiger partial charge in [0.25, 0.3) is 0 Å². The maximum Gasteiger partial charge on any atom is 0.303 e. The van der Waals surface area contributed by atoms with E-state index in [0.717, 1.165) is 35.3 Å². The number of pyridine rings is 1. The van der Waals surface area contributed by atoms with Crippen molar-refractivity contribution in [2.24, 2.45) is 17.8 Å². The molecule has 26 heavy (non-hydrogen) atoms. The molecular weight excluding hydrogens is 346 g/mol. The summed E-state index contributed by atoms with van der Waals surface area (Å²) >= 11 is 6.14. The average molecular weight is 368 g/mol. The molecule has 0 saturated heterocycles. The first kappa shape index (κ1) is 16.1. The van der Waals surface area contributed by atoms with E-state index in [9.17, 15) is 0 Å². The van der Waals surface area contributed by atoms with Crippen LogP contribution in [0.2, 0.25) is 5.15 Å². The normalized spacial score (nSPS) is 24.5.